The van der Waals surface area contributed by atoms with Crippen LogP contribution in [0.3, 0.4) is 0 Å². The second-order valence-electron chi connectivity index (χ2n) is 6.01. The maximum Gasteiger partial charge on any atom is 0.323 e. The largest absolute Gasteiger partial charge is 0.353 e. The molecule has 3 aromatic carbocycles. The first-order valence-electron chi connectivity index (χ1n) is 8.30. The standard InChI is InChI=1S/C21H15ClFN3O/c22-14-7-11-16(12-8-14)24-21(27)26-20-17-3-1-2-4-18(17)25-19(20)13-5-9-15(23)10-6-13/h1-12,25H,(H2,24,26,27). The van der Waals surface area contributed by atoms with Crippen molar-refractivity contribution < 1.29 is 9.18 Å². The van der Waals surface area contributed by atoms with E-state index in [9.17, 15) is 9.18 Å². The second kappa shape index (κ2) is 7.13. The molecule has 4 aromatic rings. The van der Waals surface area contributed by atoms with Crippen LogP contribution in [0.5, 0.6) is 0 Å². The van der Waals surface area contributed by atoms with Crippen molar-refractivity contribution in [3.8, 4) is 11.3 Å². The summed E-state index contributed by atoms with van der Waals surface area (Å²) in [5.41, 5.74) is 3.61. The van der Waals surface area contributed by atoms with Gasteiger partial charge in [-0.15, -0.1) is 0 Å². The van der Waals surface area contributed by atoms with Crippen LogP contribution in [0.25, 0.3) is 22.2 Å². The molecule has 0 bridgehead atoms. The van der Waals surface area contributed by atoms with E-state index in [1.165, 1.54) is 12.1 Å². The zero-order chi connectivity index (χ0) is 18.8. The van der Waals surface area contributed by atoms with E-state index in [4.69, 9.17) is 11.6 Å². The first-order chi connectivity index (χ1) is 13.1. The van der Waals surface area contributed by atoms with Crippen LogP contribution in [0.15, 0.2) is 72.8 Å². The molecular formula is C21H15ClFN3O. The maximum atomic E-state index is 13.3. The van der Waals surface area contributed by atoms with Crippen LogP contribution in [0.2, 0.25) is 5.02 Å². The highest BCUT2D eigenvalue weighted by molar-refractivity contribution is 6.30. The smallest absolute Gasteiger partial charge is 0.323 e. The lowest BCUT2D eigenvalue weighted by molar-refractivity contribution is 0.262. The van der Waals surface area contributed by atoms with E-state index in [2.05, 4.69) is 15.6 Å². The summed E-state index contributed by atoms with van der Waals surface area (Å²) in [5.74, 6) is -0.315. The lowest BCUT2D eigenvalue weighted by Gasteiger charge is -2.10. The van der Waals surface area contributed by atoms with Gasteiger partial charge in [0, 0.05) is 27.2 Å². The van der Waals surface area contributed by atoms with Crippen LogP contribution in [0, 0.1) is 5.82 Å². The van der Waals surface area contributed by atoms with Crippen molar-refractivity contribution in [1.82, 2.24) is 4.98 Å². The number of para-hydroxylation sites is 1. The van der Waals surface area contributed by atoms with Gasteiger partial charge in [-0.05, 0) is 54.6 Å². The van der Waals surface area contributed by atoms with E-state index >= 15 is 0 Å². The summed E-state index contributed by atoms with van der Waals surface area (Å²) in [6.07, 6.45) is 0. The Morgan fingerprint density at radius 2 is 1.59 bits per heavy atom. The van der Waals surface area contributed by atoms with Crippen molar-refractivity contribution in [2.24, 2.45) is 0 Å². The number of carbonyl (C=O) groups is 1. The molecule has 134 valence electrons. The zero-order valence-electron chi connectivity index (χ0n) is 14.1. The maximum absolute atomic E-state index is 13.3. The summed E-state index contributed by atoms with van der Waals surface area (Å²) in [5, 5.41) is 7.14. The topological polar surface area (TPSA) is 56.9 Å². The van der Waals surface area contributed by atoms with E-state index in [0.717, 1.165) is 16.5 Å². The zero-order valence-corrected chi connectivity index (χ0v) is 14.8. The second-order valence-corrected chi connectivity index (χ2v) is 6.45. The Balaban J connectivity index is 1.69. The van der Waals surface area contributed by atoms with Gasteiger partial charge in [0.1, 0.15) is 5.82 Å². The van der Waals surface area contributed by atoms with Gasteiger partial charge in [-0.3, -0.25) is 0 Å². The number of benzene rings is 3. The Hall–Kier alpha value is -3.31. The molecule has 0 aliphatic heterocycles. The van der Waals surface area contributed by atoms with Crippen molar-refractivity contribution >= 4 is 39.9 Å². The summed E-state index contributed by atoms with van der Waals surface area (Å²) in [6, 6.07) is 20.2. The minimum atomic E-state index is -0.384. The number of fused-ring (bicyclic) bond motifs is 1. The lowest BCUT2D eigenvalue weighted by atomic mass is 10.1. The molecule has 0 aliphatic rings. The van der Waals surface area contributed by atoms with Crippen LogP contribution in [0.4, 0.5) is 20.6 Å². The minimum Gasteiger partial charge on any atom is -0.353 e. The Labute approximate surface area is 160 Å². The van der Waals surface area contributed by atoms with Gasteiger partial charge < -0.3 is 15.6 Å². The molecule has 0 unspecified atom stereocenters. The van der Waals surface area contributed by atoms with Gasteiger partial charge in [-0.2, -0.15) is 0 Å². The number of nitrogens with one attached hydrogen (secondary N) is 3. The number of halogens is 2. The highest BCUT2D eigenvalue weighted by Crippen LogP contribution is 2.35. The number of aromatic nitrogens is 1. The van der Waals surface area contributed by atoms with E-state index in [-0.39, 0.29) is 11.8 Å². The van der Waals surface area contributed by atoms with Crippen molar-refractivity contribution in [3.05, 3.63) is 83.6 Å². The molecule has 4 rings (SSSR count). The van der Waals surface area contributed by atoms with Crippen LogP contribution >= 0.6 is 11.6 Å². The molecule has 27 heavy (non-hydrogen) atoms. The quantitative estimate of drug-likeness (QED) is 0.386. The van der Waals surface area contributed by atoms with Crippen molar-refractivity contribution in [1.29, 1.82) is 0 Å². The lowest BCUT2D eigenvalue weighted by Crippen LogP contribution is -2.19. The Morgan fingerprint density at radius 3 is 2.33 bits per heavy atom. The molecule has 0 spiro atoms. The Bertz CT molecular complexity index is 1100. The average Bonchev–Trinajstić information content (AvgIpc) is 3.03. The van der Waals surface area contributed by atoms with Crippen LogP contribution in [-0.4, -0.2) is 11.0 Å². The Kier molecular flexibility index (Phi) is 4.52. The molecule has 1 aromatic heterocycles. The van der Waals surface area contributed by atoms with Gasteiger partial charge in [0.15, 0.2) is 0 Å². The summed E-state index contributed by atoms with van der Waals surface area (Å²) in [6.45, 7) is 0. The van der Waals surface area contributed by atoms with Crippen molar-refractivity contribution in [2.45, 2.75) is 0 Å². The number of amides is 2. The van der Waals surface area contributed by atoms with E-state index in [1.807, 2.05) is 24.3 Å². The first kappa shape index (κ1) is 17.1. The SMILES string of the molecule is O=C(Nc1ccc(Cl)cc1)Nc1c(-c2ccc(F)cc2)[nH]c2ccccc12. The molecular weight excluding hydrogens is 365 g/mol. The molecule has 4 nitrogen and oxygen atoms in total. The van der Waals surface area contributed by atoms with Crippen LogP contribution in [0.1, 0.15) is 0 Å². The van der Waals surface area contributed by atoms with E-state index in [0.29, 0.717) is 22.1 Å². The number of hydrogen-bond acceptors (Lipinski definition) is 1. The fraction of sp³-hybridized carbons (Fsp3) is 0. The minimum absolute atomic E-state index is 0.315. The summed E-state index contributed by atoms with van der Waals surface area (Å²) in [4.78, 5) is 15.8. The third-order valence-corrected chi connectivity index (χ3v) is 4.43. The number of rotatable bonds is 3. The molecule has 3 N–H and O–H groups in total. The number of aromatic amines is 1. The van der Waals surface area contributed by atoms with Crippen molar-refractivity contribution in [2.75, 3.05) is 10.6 Å². The molecule has 0 fully saturated rings. The predicted molar refractivity (Wildman–Crippen MR) is 108 cm³/mol. The van der Waals surface area contributed by atoms with Crippen LogP contribution in [-0.2, 0) is 0 Å². The molecule has 6 heteroatoms. The molecule has 0 radical (unpaired) electrons. The van der Waals surface area contributed by atoms with Crippen molar-refractivity contribution in [3.63, 3.8) is 0 Å². The number of hydrogen-bond donors (Lipinski definition) is 3. The van der Waals surface area contributed by atoms with E-state index in [1.54, 1.807) is 36.4 Å². The Morgan fingerprint density at radius 1 is 0.889 bits per heavy atom. The van der Waals surface area contributed by atoms with Gasteiger partial charge in [0.2, 0.25) is 0 Å². The molecule has 0 aliphatic carbocycles. The van der Waals surface area contributed by atoms with Gasteiger partial charge in [0.05, 0.1) is 11.4 Å². The molecule has 1 heterocycles. The normalized spacial score (nSPS) is 10.7. The number of carbonyl (C=O) groups excluding carboxylic acids is 1. The fourth-order valence-electron chi connectivity index (χ4n) is 2.91. The summed E-state index contributed by atoms with van der Waals surface area (Å²) < 4.78 is 13.3. The van der Waals surface area contributed by atoms with Gasteiger partial charge in [-0.1, -0.05) is 29.8 Å². The van der Waals surface area contributed by atoms with Gasteiger partial charge >= 0.3 is 6.03 Å². The average molecular weight is 380 g/mol. The number of urea groups is 1. The highest BCUT2D eigenvalue weighted by Gasteiger charge is 2.15. The molecule has 0 atom stereocenters. The third-order valence-electron chi connectivity index (χ3n) is 4.18. The summed E-state index contributed by atoms with van der Waals surface area (Å²) >= 11 is 5.87. The van der Waals surface area contributed by atoms with E-state index < -0.39 is 0 Å². The predicted octanol–water partition coefficient (Wildman–Crippen LogP) is 6.27. The summed E-state index contributed by atoms with van der Waals surface area (Å²) in [7, 11) is 0. The first-order valence-corrected chi connectivity index (χ1v) is 8.68. The molecule has 0 saturated heterocycles. The monoisotopic (exact) mass is 379 g/mol. The molecule has 2 amide bonds. The van der Waals surface area contributed by atoms with Gasteiger partial charge in [-0.25, -0.2) is 9.18 Å². The number of H-pyrrole nitrogens is 1. The van der Waals surface area contributed by atoms with Gasteiger partial charge in [0.25, 0.3) is 0 Å². The third kappa shape index (κ3) is 3.64. The fourth-order valence-corrected chi connectivity index (χ4v) is 3.04. The number of anilines is 2. The highest BCUT2D eigenvalue weighted by atomic mass is 35.5. The molecule has 0 saturated carbocycles. The van der Waals surface area contributed by atoms with Crippen LogP contribution < -0.4 is 10.6 Å².